The minimum atomic E-state index is 0.831. The van der Waals surface area contributed by atoms with E-state index in [1.165, 1.54) is 53.3 Å². The van der Waals surface area contributed by atoms with Gasteiger partial charge in [0.05, 0.1) is 0 Å². The van der Waals surface area contributed by atoms with Crippen LogP contribution in [0.25, 0.3) is 10.9 Å². The molecule has 1 aromatic heterocycles. The van der Waals surface area contributed by atoms with Gasteiger partial charge >= 0.3 is 0 Å². The zero-order valence-electron chi connectivity index (χ0n) is 11.3. The highest BCUT2D eigenvalue weighted by molar-refractivity contribution is 5.88. The monoisotopic (exact) mass is 242 g/mol. The molecule has 0 atom stereocenters. The van der Waals surface area contributed by atoms with E-state index in [0.717, 1.165) is 12.6 Å². The average molecular weight is 242 g/mol. The molecule has 2 nitrogen and oxygen atoms in total. The molecule has 1 aliphatic rings. The summed E-state index contributed by atoms with van der Waals surface area (Å²) >= 11 is 0. The Labute approximate surface area is 109 Å². The molecule has 1 aliphatic carbocycles. The van der Waals surface area contributed by atoms with E-state index < -0.39 is 0 Å². The number of aryl methyl sites for hydroxylation is 3. The van der Waals surface area contributed by atoms with Gasteiger partial charge < -0.3 is 10.3 Å². The third kappa shape index (κ3) is 2.30. The van der Waals surface area contributed by atoms with Crippen LogP contribution in [0.2, 0.25) is 0 Å². The van der Waals surface area contributed by atoms with Gasteiger partial charge in [0.1, 0.15) is 0 Å². The van der Waals surface area contributed by atoms with Crippen molar-refractivity contribution in [3.63, 3.8) is 0 Å². The van der Waals surface area contributed by atoms with Gasteiger partial charge in [0.25, 0.3) is 0 Å². The average Bonchev–Trinajstić information content (AvgIpc) is 3.08. The molecule has 0 aliphatic heterocycles. The van der Waals surface area contributed by atoms with Gasteiger partial charge in [0.15, 0.2) is 0 Å². The number of nitrogens with one attached hydrogen (secondary N) is 2. The third-order valence-corrected chi connectivity index (χ3v) is 3.97. The van der Waals surface area contributed by atoms with Gasteiger partial charge in [-0.2, -0.15) is 0 Å². The van der Waals surface area contributed by atoms with Crippen LogP contribution in [0.1, 0.15) is 36.0 Å². The molecule has 18 heavy (non-hydrogen) atoms. The number of fused-ring (bicyclic) bond motifs is 1. The lowest BCUT2D eigenvalue weighted by molar-refractivity contribution is 0.646. The molecular weight excluding hydrogens is 220 g/mol. The van der Waals surface area contributed by atoms with Crippen LogP contribution in [0.4, 0.5) is 0 Å². The number of H-pyrrole nitrogens is 1. The number of rotatable bonds is 5. The van der Waals surface area contributed by atoms with Crippen LogP contribution in [-0.2, 0) is 6.42 Å². The van der Waals surface area contributed by atoms with Gasteiger partial charge in [-0.3, -0.25) is 0 Å². The Morgan fingerprint density at radius 1 is 1.22 bits per heavy atom. The molecule has 1 saturated carbocycles. The first-order valence-corrected chi connectivity index (χ1v) is 7.05. The number of hydrogen-bond donors (Lipinski definition) is 2. The van der Waals surface area contributed by atoms with Crippen molar-refractivity contribution < 1.29 is 0 Å². The Morgan fingerprint density at radius 3 is 2.78 bits per heavy atom. The van der Waals surface area contributed by atoms with Crippen molar-refractivity contribution in [3.8, 4) is 0 Å². The van der Waals surface area contributed by atoms with E-state index in [9.17, 15) is 0 Å². The van der Waals surface area contributed by atoms with Gasteiger partial charge in [-0.1, -0.05) is 12.1 Å². The number of benzene rings is 1. The first kappa shape index (κ1) is 11.8. The number of aromatic nitrogens is 1. The van der Waals surface area contributed by atoms with Crippen molar-refractivity contribution in [1.29, 1.82) is 0 Å². The van der Waals surface area contributed by atoms with Gasteiger partial charge in [0, 0.05) is 23.1 Å². The highest BCUT2D eigenvalue weighted by atomic mass is 14.9. The highest BCUT2D eigenvalue weighted by Gasteiger charge is 2.19. The molecule has 0 radical (unpaired) electrons. The predicted octanol–water partition coefficient (Wildman–Crippen LogP) is 3.47. The van der Waals surface area contributed by atoms with Crippen LogP contribution >= 0.6 is 0 Å². The Bertz CT molecular complexity index is 549. The maximum Gasteiger partial charge on any atom is 0.0489 e. The summed E-state index contributed by atoms with van der Waals surface area (Å²) < 4.78 is 0. The Morgan fingerprint density at radius 2 is 2.00 bits per heavy atom. The van der Waals surface area contributed by atoms with Crippen LogP contribution in [0, 0.1) is 13.8 Å². The SMILES string of the molecule is Cc1ccc(C)c2c(CCCNC3CC3)c[nH]c12. The van der Waals surface area contributed by atoms with Crippen LogP contribution in [0.15, 0.2) is 18.3 Å². The molecule has 0 unspecified atom stereocenters. The summed E-state index contributed by atoms with van der Waals surface area (Å²) in [6.45, 7) is 5.54. The third-order valence-electron chi connectivity index (χ3n) is 3.97. The Balaban J connectivity index is 1.72. The van der Waals surface area contributed by atoms with E-state index in [1.807, 2.05) is 0 Å². The molecule has 0 amide bonds. The van der Waals surface area contributed by atoms with Crippen LogP contribution < -0.4 is 5.32 Å². The fraction of sp³-hybridized carbons (Fsp3) is 0.500. The summed E-state index contributed by atoms with van der Waals surface area (Å²) in [6.07, 6.45) is 7.36. The van der Waals surface area contributed by atoms with Gasteiger partial charge in [0.2, 0.25) is 0 Å². The lowest BCUT2D eigenvalue weighted by Crippen LogP contribution is -2.17. The molecule has 3 rings (SSSR count). The van der Waals surface area contributed by atoms with E-state index in [-0.39, 0.29) is 0 Å². The zero-order chi connectivity index (χ0) is 12.5. The van der Waals surface area contributed by atoms with E-state index in [1.54, 1.807) is 0 Å². The zero-order valence-corrected chi connectivity index (χ0v) is 11.3. The van der Waals surface area contributed by atoms with Crippen molar-refractivity contribution in [2.45, 2.75) is 45.6 Å². The standard InChI is InChI=1S/C16H22N2/c1-11-5-6-12(2)16-15(11)13(10-18-16)4-3-9-17-14-7-8-14/h5-6,10,14,17-18H,3-4,7-9H2,1-2H3. The lowest BCUT2D eigenvalue weighted by Gasteiger charge is -2.05. The van der Waals surface area contributed by atoms with Crippen molar-refractivity contribution in [1.82, 2.24) is 10.3 Å². The smallest absolute Gasteiger partial charge is 0.0489 e. The van der Waals surface area contributed by atoms with Gasteiger partial charge in [-0.05, 0) is 62.8 Å². The number of hydrogen-bond acceptors (Lipinski definition) is 1. The van der Waals surface area contributed by atoms with Gasteiger partial charge in [-0.15, -0.1) is 0 Å². The molecule has 1 aromatic carbocycles. The maximum atomic E-state index is 3.58. The van der Waals surface area contributed by atoms with E-state index in [4.69, 9.17) is 0 Å². The Kier molecular flexibility index (Phi) is 3.13. The predicted molar refractivity (Wildman–Crippen MR) is 77.1 cm³/mol. The largest absolute Gasteiger partial charge is 0.361 e. The maximum absolute atomic E-state index is 3.58. The van der Waals surface area contributed by atoms with E-state index in [2.05, 4.69) is 42.5 Å². The fourth-order valence-electron chi connectivity index (χ4n) is 2.71. The molecule has 96 valence electrons. The summed E-state index contributed by atoms with van der Waals surface area (Å²) in [4.78, 5) is 3.44. The van der Waals surface area contributed by atoms with Crippen molar-refractivity contribution in [2.75, 3.05) is 6.54 Å². The van der Waals surface area contributed by atoms with Gasteiger partial charge in [-0.25, -0.2) is 0 Å². The van der Waals surface area contributed by atoms with Crippen LogP contribution in [0.5, 0.6) is 0 Å². The summed E-state index contributed by atoms with van der Waals surface area (Å²) in [7, 11) is 0. The lowest BCUT2D eigenvalue weighted by atomic mass is 10.0. The second-order valence-electron chi connectivity index (χ2n) is 5.60. The highest BCUT2D eigenvalue weighted by Crippen LogP contribution is 2.26. The first-order chi connectivity index (χ1) is 8.75. The fourth-order valence-corrected chi connectivity index (χ4v) is 2.71. The summed E-state index contributed by atoms with van der Waals surface area (Å²) in [5.41, 5.74) is 5.53. The normalized spacial score (nSPS) is 15.4. The minimum absolute atomic E-state index is 0.831. The van der Waals surface area contributed by atoms with Crippen LogP contribution in [-0.4, -0.2) is 17.6 Å². The van der Waals surface area contributed by atoms with Crippen molar-refractivity contribution in [2.24, 2.45) is 0 Å². The number of aromatic amines is 1. The van der Waals surface area contributed by atoms with Crippen LogP contribution in [0.3, 0.4) is 0 Å². The molecule has 2 N–H and O–H groups in total. The molecule has 0 saturated heterocycles. The molecule has 2 heteroatoms. The first-order valence-electron chi connectivity index (χ1n) is 7.05. The van der Waals surface area contributed by atoms with Crippen molar-refractivity contribution >= 4 is 10.9 Å². The topological polar surface area (TPSA) is 27.8 Å². The second kappa shape index (κ2) is 4.77. The second-order valence-corrected chi connectivity index (χ2v) is 5.60. The molecule has 0 bridgehead atoms. The molecule has 1 fully saturated rings. The quantitative estimate of drug-likeness (QED) is 0.772. The molecule has 0 spiro atoms. The summed E-state index contributed by atoms with van der Waals surface area (Å²) in [6, 6.07) is 5.27. The molecule has 1 heterocycles. The molecular formula is C16H22N2. The summed E-state index contributed by atoms with van der Waals surface area (Å²) in [5, 5.41) is 5.03. The minimum Gasteiger partial charge on any atom is -0.361 e. The Hall–Kier alpha value is -1.28. The molecule has 2 aromatic rings. The van der Waals surface area contributed by atoms with E-state index in [0.29, 0.717) is 0 Å². The van der Waals surface area contributed by atoms with E-state index >= 15 is 0 Å². The van der Waals surface area contributed by atoms with Crippen molar-refractivity contribution in [3.05, 3.63) is 35.0 Å². The summed E-state index contributed by atoms with van der Waals surface area (Å²) in [5.74, 6) is 0.